The molecule has 164 valence electrons. The first kappa shape index (κ1) is 24.4. The minimum Gasteiger partial charge on any atom is -0.379 e. The Morgan fingerprint density at radius 2 is 2.00 bits per heavy atom. The zero-order chi connectivity index (χ0) is 19.9. The molecule has 0 amide bonds. The molecule has 2 aliphatic heterocycles. The van der Waals surface area contributed by atoms with Gasteiger partial charge in [-0.25, -0.2) is 0 Å². The number of hydrogen-bond acceptors (Lipinski definition) is 4. The lowest BCUT2D eigenvalue weighted by Gasteiger charge is -2.39. The molecule has 2 fully saturated rings. The Labute approximate surface area is 193 Å². The summed E-state index contributed by atoms with van der Waals surface area (Å²) in [5.74, 6) is 1.03. The molecule has 2 saturated heterocycles. The minimum atomic E-state index is 0. The molecule has 1 aromatic carbocycles. The molecular formula is C22H38IN5O. The summed E-state index contributed by atoms with van der Waals surface area (Å²) in [6, 6.07) is 9.80. The van der Waals surface area contributed by atoms with Crippen LogP contribution in [-0.2, 0) is 11.3 Å². The van der Waals surface area contributed by atoms with Crippen molar-refractivity contribution in [2.24, 2.45) is 4.99 Å². The van der Waals surface area contributed by atoms with Gasteiger partial charge in [0, 0.05) is 64.9 Å². The quantitative estimate of drug-likeness (QED) is 0.371. The Bertz CT molecular complexity index is 648. The summed E-state index contributed by atoms with van der Waals surface area (Å²) in [4.78, 5) is 12.0. The van der Waals surface area contributed by atoms with Crippen LogP contribution in [0.2, 0.25) is 0 Å². The van der Waals surface area contributed by atoms with Gasteiger partial charge < -0.3 is 15.0 Å². The minimum absolute atomic E-state index is 0. The van der Waals surface area contributed by atoms with E-state index in [2.05, 4.69) is 70.0 Å². The van der Waals surface area contributed by atoms with E-state index in [0.29, 0.717) is 12.1 Å². The SMILES string of the molecule is CN=C(NCC(C)N1CCOCC1C)N1CCN(Cc2cccc(C)c2)CC1.I. The Morgan fingerprint density at radius 1 is 1.24 bits per heavy atom. The Balaban J connectivity index is 0.00000300. The van der Waals surface area contributed by atoms with Gasteiger partial charge in [0.25, 0.3) is 0 Å². The van der Waals surface area contributed by atoms with Crippen LogP contribution >= 0.6 is 24.0 Å². The van der Waals surface area contributed by atoms with Gasteiger partial charge >= 0.3 is 0 Å². The average molecular weight is 515 g/mol. The van der Waals surface area contributed by atoms with Gasteiger partial charge in [0.2, 0.25) is 0 Å². The highest BCUT2D eigenvalue weighted by molar-refractivity contribution is 14.0. The number of piperazine rings is 1. The number of ether oxygens (including phenoxy) is 1. The van der Waals surface area contributed by atoms with Gasteiger partial charge in [0.1, 0.15) is 0 Å². The molecule has 7 heteroatoms. The van der Waals surface area contributed by atoms with Crippen molar-refractivity contribution in [1.29, 1.82) is 0 Å². The molecule has 0 radical (unpaired) electrons. The van der Waals surface area contributed by atoms with Crippen molar-refractivity contribution in [3.63, 3.8) is 0 Å². The lowest BCUT2D eigenvalue weighted by Crippen LogP contribution is -2.55. The first-order valence-electron chi connectivity index (χ1n) is 10.6. The molecule has 1 N–H and O–H groups in total. The molecular weight excluding hydrogens is 477 g/mol. The van der Waals surface area contributed by atoms with Crippen molar-refractivity contribution in [2.75, 3.05) is 59.5 Å². The van der Waals surface area contributed by atoms with Crippen LogP contribution < -0.4 is 5.32 Å². The number of aliphatic imine (C=N–C) groups is 1. The van der Waals surface area contributed by atoms with Crippen molar-refractivity contribution in [1.82, 2.24) is 20.0 Å². The van der Waals surface area contributed by atoms with Crippen LogP contribution in [0.3, 0.4) is 0 Å². The van der Waals surface area contributed by atoms with Crippen molar-refractivity contribution in [3.05, 3.63) is 35.4 Å². The number of morpholine rings is 1. The summed E-state index contributed by atoms with van der Waals surface area (Å²) in [5.41, 5.74) is 2.74. The van der Waals surface area contributed by atoms with Crippen molar-refractivity contribution < 1.29 is 4.74 Å². The van der Waals surface area contributed by atoms with Crippen LogP contribution in [0.4, 0.5) is 0 Å². The van der Waals surface area contributed by atoms with E-state index in [4.69, 9.17) is 4.74 Å². The number of hydrogen-bond donors (Lipinski definition) is 1. The molecule has 3 rings (SSSR count). The molecule has 0 bridgehead atoms. The summed E-state index contributed by atoms with van der Waals surface area (Å²) >= 11 is 0. The van der Waals surface area contributed by atoms with Gasteiger partial charge in [0.05, 0.1) is 13.2 Å². The maximum Gasteiger partial charge on any atom is 0.193 e. The fourth-order valence-corrected chi connectivity index (χ4v) is 4.27. The van der Waals surface area contributed by atoms with Crippen LogP contribution in [0.15, 0.2) is 29.3 Å². The highest BCUT2D eigenvalue weighted by Gasteiger charge is 2.25. The fraction of sp³-hybridized carbons (Fsp3) is 0.682. The molecule has 1 aromatic rings. The van der Waals surface area contributed by atoms with Crippen molar-refractivity contribution in [2.45, 2.75) is 39.4 Å². The fourth-order valence-electron chi connectivity index (χ4n) is 4.27. The van der Waals surface area contributed by atoms with Crippen LogP contribution in [0.25, 0.3) is 0 Å². The van der Waals surface area contributed by atoms with Gasteiger partial charge in [-0.3, -0.25) is 14.8 Å². The topological polar surface area (TPSA) is 43.3 Å². The van der Waals surface area contributed by atoms with Gasteiger partial charge in [-0.1, -0.05) is 29.8 Å². The average Bonchev–Trinajstić information content (AvgIpc) is 2.70. The maximum atomic E-state index is 5.56. The van der Waals surface area contributed by atoms with E-state index in [9.17, 15) is 0 Å². The largest absolute Gasteiger partial charge is 0.379 e. The lowest BCUT2D eigenvalue weighted by atomic mass is 10.1. The second-order valence-electron chi connectivity index (χ2n) is 8.19. The molecule has 2 atom stereocenters. The van der Waals surface area contributed by atoms with Crippen LogP contribution in [-0.4, -0.2) is 92.3 Å². The number of halogens is 1. The van der Waals surface area contributed by atoms with Gasteiger partial charge in [-0.05, 0) is 26.3 Å². The first-order chi connectivity index (χ1) is 13.6. The third-order valence-corrected chi connectivity index (χ3v) is 5.91. The number of rotatable bonds is 5. The van der Waals surface area contributed by atoms with Gasteiger partial charge in [-0.15, -0.1) is 24.0 Å². The zero-order valence-electron chi connectivity index (χ0n) is 18.4. The lowest BCUT2D eigenvalue weighted by molar-refractivity contribution is -0.0175. The summed E-state index contributed by atoms with van der Waals surface area (Å²) in [6.07, 6.45) is 0. The summed E-state index contributed by atoms with van der Waals surface area (Å²) < 4.78 is 5.56. The van der Waals surface area contributed by atoms with E-state index < -0.39 is 0 Å². The predicted molar refractivity (Wildman–Crippen MR) is 131 cm³/mol. The predicted octanol–water partition coefficient (Wildman–Crippen LogP) is 2.42. The molecule has 0 aromatic heterocycles. The molecule has 6 nitrogen and oxygen atoms in total. The third-order valence-electron chi connectivity index (χ3n) is 5.91. The first-order valence-corrected chi connectivity index (χ1v) is 10.6. The van der Waals surface area contributed by atoms with E-state index in [0.717, 1.165) is 65.0 Å². The number of nitrogens with one attached hydrogen (secondary N) is 1. The van der Waals surface area contributed by atoms with E-state index in [1.807, 2.05) is 7.05 Å². The normalized spacial score (nSPS) is 22.8. The monoisotopic (exact) mass is 515 g/mol. The Morgan fingerprint density at radius 3 is 2.66 bits per heavy atom. The van der Waals surface area contributed by atoms with Crippen LogP contribution in [0, 0.1) is 6.92 Å². The molecule has 0 saturated carbocycles. The second-order valence-corrected chi connectivity index (χ2v) is 8.19. The van der Waals surface area contributed by atoms with Crippen molar-refractivity contribution >= 4 is 29.9 Å². The molecule has 2 heterocycles. The van der Waals surface area contributed by atoms with Gasteiger partial charge in [0.15, 0.2) is 5.96 Å². The second kappa shape index (κ2) is 12.1. The van der Waals surface area contributed by atoms with Gasteiger partial charge in [-0.2, -0.15) is 0 Å². The number of nitrogens with zero attached hydrogens (tertiary/aromatic N) is 4. The highest BCUT2D eigenvalue weighted by atomic mass is 127. The summed E-state index contributed by atoms with van der Waals surface area (Å²) in [6.45, 7) is 15.5. The number of benzene rings is 1. The summed E-state index contributed by atoms with van der Waals surface area (Å²) in [5, 5.41) is 3.60. The van der Waals surface area contributed by atoms with Crippen molar-refractivity contribution in [3.8, 4) is 0 Å². The van der Waals surface area contributed by atoms with Crippen LogP contribution in [0.1, 0.15) is 25.0 Å². The van der Waals surface area contributed by atoms with E-state index >= 15 is 0 Å². The number of guanidine groups is 1. The zero-order valence-corrected chi connectivity index (χ0v) is 20.8. The molecule has 0 aliphatic carbocycles. The molecule has 29 heavy (non-hydrogen) atoms. The van der Waals surface area contributed by atoms with E-state index in [1.54, 1.807) is 0 Å². The number of aryl methyl sites for hydroxylation is 1. The van der Waals surface area contributed by atoms with Crippen LogP contribution in [0.5, 0.6) is 0 Å². The molecule has 0 spiro atoms. The standard InChI is InChI=1S/C22H37N5O.HI/c1-18-6-5-7-21(14-18)16-25-8-10-26(11-9-25)22(23-4)24-15-19(2)27-12-13-28-17-20(27)3;/h5-7,14,19-20H,8-13,15-17H2,1-4H3,(H,23,24);1H. The highest BCUT2D eigenvalue weighted by Crippen LogP contribution is 2.12. The molecule has 2 unspecified atom stereocenters. The molecule has 2 aliphatic rings. The smallest absolute Gasteiger partial charge is 0.193 e. The summed E-state index contributed by atoms with van der Waals surface area (Å²) in [7, 11) is 1.89. The Kier molecular flexibility index (Phi) is 10.1. The maximum absolute atomic E-state index is 5.56. The Hall–Kier alpha value is -0.900. The van der Waals surface area contributed by atoms with E-state index in [-0.39, 0.29) is 24.0 Å². The van der Waals surface area contributed by atoms with E-state index in [1.165, 1.54) is 11.1 Å². The third kappa shape index (κ3) is 7.08.